The first-order valence-corrected chi connectivity index (χ1v) is 15.6. The third-order valence-electron chi connectivity index (χ3n) is 7.81. The van der Waals surface area contributed by atoms with Crippen LogP contribution < -0.4 is 14.8 Å². The van der Waals surface area contributed by atoms with Crippen molar-refractivity contribution in [1.29, 1.82) is 0 Å². The molecule has 2 aliphatic heterocycles. The average Bonchev–Trinajstić information content (AvgIpc) is 3.41. The van der Waals surface area contributed by atoms with Crippen LogP contribution in [0.25, 0.3) is 10.8 Å². The first-order chi connectivity index (χ1) is 18.5. The summed E-state index contributed by atoms with van der Waals surface area (Å²) in [5, 5.41) is 5.60. The molecule has 0 amide bonds. The minimum atomic E-state index is -3.77. The van der Waals surface area contributed by atoms with Crippen molar-refractivity contribution < 1.29 is 13.2 Å². The van der Waals surface area contributed by atoms with Crippen molar-refractivity contribution in [3.8, 4) is 5.75 Å². The van der Waals surface area contributed by atoms with Crippen molar-refractivity contribution in [3.63, 3.8) is 0 Å². The van der Waals surface area contributed by atoms with Gasteiger partial charge in [-0.2, -0.15) is 11.8 Å². The third kappa shape index (κ3) is 4.24. The highest BCUT2D eigenvalue weighted by Gasteiger charge is 2.38. The second kappa shape index (κ2) is 9.40. The number of fused-ring (bicyclic) bond motifs is 4. The summed E-state index contributed by atoms with van der Waals surface area (Å²) in [4.78, 5) is 0.275. The van der Waals surface area contributed by atoms with E-state index in [9.17, 15) is 8.42 Å². The topological polar surface area (TPSA) is 67.4 Å². The summed E-state index contributed by atoms with van der Waals surface area (Å²) in [5.74, 6) is 3.48. The van der Waals surface area contributed by atoms with Crippen molar-refractivity contribution in [2.24, 2.45) is 5.92 Å². The van der Waals surface area contributed by atoms with Gasteiger partial charge in [-0.15, -0.1) is 0 Å². The lowest BCUT2D eigenvalue weighted by Gasteiger charge is -2.38. The molecule has 4 aromatic rings. The van der Waals surface area contributed by atoms with Crippen molar-refractivity contribution in [2.45, 2.75) is 29.4 Å². The lowest BCUT2D eigenvalue weighted by atomic mass is 9.77. The molecule has 7 heteroatoms. The van der Waals surface area contributed by atoms with Crippen LogP contribution in [0.3, 0.4) is 0 Å². The lowest BCUT2D eigenvalue weighted by molar-refractivity contribution is 0.240. The van der Waals surface area contributed by atoms with Crippen molar-refractivity contribution in [2.75, 3.05) is 21.5 Å². The first-order valence-electron chi connectivity index (χ1n) is 13.0. The van der Waals surface area contributed by atoms with Gasteiger partial charge in [0.25, 0.3) is 10.0 Å². The summed E-state index contributed by atoms with van der Waals surface area (Å²) in [5.41, 5.74) is 3.79. The zero-order valence-electron chi connectivity index (χ0n) is 20.7. The monoisotopic (exact) mass is 540 g/mol. The van der Waals surface area contributed by atoms with Crippen LogP contribution in [0.5, 0.6) is 5.75 Å². The van der Waals surface area contributed by atoms with Gasteiger partial charge in [0.2, 0.25) is 0 Å². The molecule has 2 heterocycles. The predicted molar refractivity (Wildman–Crippen MR) is 156 cm³/mol. The molecule has 0 radical (unpaired) electrons. The fourth-order valence-electron chi connectivity index (χ4n) is 5.84. The minimum Gasteiger partial charge on any atom is -0.489 e. The van der Waals surface area contributed by atoms with Crippen LogP contribution in [0.15, 0.2) is 102 Å². The van der Waals surface area contributed by atoms with Crippen LogP contribution in [-0.2, 0) is 10.0 Å². The fraction of sp³-hybridized carbons (Fsp3) is 0.226. The Bertz CT molecular complexity index is 1660. The summed E-state index contributed by atoms with van der Waals surface area (Å²) < 4.78 is 36.0. The van der Waals surface area contributed by atoms with Gasteiger partial charge in [0, 0.05) is 28.5 Å². The second-order valence-corrected chi connectivity index (χ2v) is 13.0. The molecule has 1 aliphatic carbocycles. The normalized spacial score (nSPS) is 22.3. The van der Waals surface area contributed by atoms with E-state index in [0.717, 1.165) is 45.7 Å². The number of nitrogens with one attached hydrogen (secondary N) is 2. The molecule has 0 spiro atoms. The molecular formula is C31H28N2O3S2. The van der Waals surface area contributed by atoms with E-state index in [0.29, 0.717) is 17.7 Å². The van der Waals surface area contributed by atoms with Crippen molar-refractivity contribution in [3.05, 3.63) is 108 Å². The molecule has 1 saturated heterocycles. The predicted octanol–water partition coefficient (Wildman–Crippen LogP) is 6.96. The molecule has 0 bridgehead atoms. The molecule has 0 aromatic heterocycles. The molecule has 7 rings (SSSR count). The molecule has 2 N–H and O–H groups in total. The maximum Gasteiger partial charge on any atom is 0.261 e. The second-order valence-electron chi connectivity index (χ2n) is 10.2. The smallest absolute Gasteiger partial charge is 0.261 e. The zero-order chi connectivity index (χ0) is 25.7. The molecule has 38 heavy (non-hydrogen) atoms. The number of sulfonamides is 1. The van der Waals surface area contributed by atoms with Crippen LogP contribution in [-0.4, -0.2) is 26.0 Å². The number of ether oxygens (including phenoxy) is 1. The minimum absolute atomic E-state index is 0.123. The van der Waals surface area contributed by atoms with Crippen LogP contribution in [0.1, 0.15) is 29.5 Å². The molecule has 0 unspecified atom stereocenters. The van der Waals surface area contributed by atoms with E-state index in [4.69, 9.17) is 4.74 Å². The van der Waals surface area contributed by atoms with E-state index in [2.05, 4.69) is 40.4 Å². The van der Waals surface area contributed by atoms with Gasteiger partial charge in [-0.3, -0.25) is 4.72 Å². The van der Waals surface area contributed by atoms with Crippen LogP contribution >= 0.6 is 11.8 Å². The van der Waals surface area contributed by atoms with E-state index in [1.165, 1.54) is 5.56 Å². The number of benzene rings is 4. The Morgan fingerprint density at radius 1 is 0.921 bits per heavy atom. The molecule has 0 saturated carbocycles. The molecule has 3 aliphatic rings. The summed E-state index contributed by atoms with van der Waals surface area (Å²) >= 11 is 1.91. The van der Waals surface area contributed by atoms with E-state index >= 15 is 0 Å². The summed E-state index contributed by atoms with van der Waals surface area (Å²) in [7, 11) is -3.77. The average molecular weight is 541 g/mol. The number of rotatable bonds is 6. The number of thioether (sulfide) groups is 1. The highest BCUT2D eigenvalue weighted by atomic mass is 32.2. The number of hydrogen-bond acceptors (Lipinski definition) is 5. The largest absolute Gasteiger partial charge is 0.489 e. The summed E-state index contributed by atoms with van der Waals surface area (Å²) in [6, 6.07) is 27.4. The van der Waals surface area contributed by atoms with E-state index < -0.39 is 10.0 Å². The molecule has 192 valence electrons. The van der Waals surface area contributed by atoms with E-state index in [1.807, 2.05) is 72.4 Å². The standard InChI is InChI=1S/C31H28N2O3S2/c34-38(35,33-30-13-4-7-20-6-1-2-10-25(20)30)24-14-15-29-28(17-24)26-11-5-12-27(26)31(32-29)21-8-3-9-22(16-21)36-23-18-37-19-23/h1-11,13-17,23,26-27,31-33H,12,18-19H2/t26-,27+,31+/m0/s1. The van der Waals surface area contributed by atoms with Gasteiger partial charge < -0.3 is 10.1 Å². The molecule has 4 aromatic carbocycles. The number of allylic oxidation sites excluding steroid dienone is 2. The number of hydrogen-bond donors (Lipinski definition) is 2. The summed E-state index contributed by atoms with van der Waals surface area (Å²) in [6.45, 7) is 0. The molecular weight excluding hydrogens is 512 g/mol. The van der Waals surface area contributed by atoms with Crippen LogP contribution in [0.2, 0.25) is 0 Å². The lowest BCUT2D eigenvalue weighted by Crippen LogP contribution is -2.31. The Balaban J connectivity index is 1.19. The maximum absolute atomic E-state index is 13.5. The SMILES string of the molecule is O=S(=O)(Nc1cccc2ccccc12)c1ccc2c(c1)[C@H]1C=CC[C@H]1[C@@H](c1cccc(OC3CSC3)c1)N2. The van der Waals surface area contributed by atoms with Gasteiger partial charge in [0.1, 0.15) is 11.9 Å². The Morgan fingerprint density at radius 3 is 2.63 bits per heavy atom. The quantitative estimate of drug-likeness (QED) is 0.259. The van der Waals surface area contributed by atoms with Gasteiger partial charge in [0.05, 0.1) is 16.6 Å². The Labute approximate surface area is 227 Å². The summed E-state index contributed by atoms with van der Waals surface area (Å²) in [6.07, 6.45) is 5.70. The van der Waals surface area contributed by atoms with Crippen molar-refractivity contribution in [1.82, 2.24) is 0 Å². The van der Waals surface area contributed by atoms with Crippen LogP contribution in [0, 0.1) is 5.92 Å². The maximum atomic E-state index is 13.5. The zero-order valence-corrected chi connectivity index (χ0v) is 22.3. The van der Waals surface area contributed by atoms with E-state index in [-0.39, 0.29) is 16.9 Å². The third-order valence-corrected chi connectivity index (χ3v) is 10.4. The Kier molecular flexibility index (Phi) is 5.86. The van der Waals surface area contributed by atoms with Gasteiger partial charge in [-0.05, 0) is 65.3 Å². The van der Waals surface area contributed by atoms with Crippen LogP contribution in [0.4, 0.5) is 11.4 Å². The van der Waals surface area contributed by atoms with Gasteiger partial charge >= 0.3 is 0 Å². The van der Waals surface area contributed by atoms with Crippen molar-refractivity contribution >= 4 is 43.9 Å². The molecule has 1 fully saturated rings. The number of anilines is 2. The van der Waals surface area contributed by atoms with Gasteiger partial charge in [0.15, 0.2) is 0 Å². The Hall–Kier alpha value is -3.42. The van der Waals surface area contributed by atoms with E-state index in [1.54, 1.807) is 6.07 Å². The fourth-order valence-corrected chi connectivity index (χ4v) is 7.52. The van der Waals surface area contributed by atoms with Gasteiger partial charge in [-0.25, -0.2) is 8.42 Å². The first kappa shape index (κ1) is 23.7. The molecule has 5 nitrogen and oxygen atoms in total. The molecule has 3 atom stereocenters. The highest BCUT2D eigenvalue weighted by Crippen LogP contribution is 2.50. The highest BCUT2D eigenvalue weighted by molar-refractivity contribution is 8.00. The van der Waals surface area contributed by atoms with Gasteiger partial charge in [-0.1, -0.05) is 60.7 Å². The Morgan fingerprint density at radius 2 is 1.76 bits per heavy atom.